The summed E-state index contributed by atoms with van der Waals surface area (Å²) in [7, 11) is 0. The van der Waals surface area contributed by atoms with E-state index in [9.17, 15) is 5.21 Å². The Balaban J connectivity index is 3.07. The molecule has 0 unspecified atom stereocenters. The molecule has 0 spiro atoms. The summed E-state index contributed by atoms with van der Waals surface area (Å²) in [5.74, 6) is 0. The lowest BCUT2D eigenvalue weighted by Gasteiger charge is -2.35. The molecule has 3 N–H and O–H groups in total. The lowest BCUT2D eigenvalue weighted by molar-refractivity contribution is -0.220. The molecular weight excluding hydrogens is 172 g/mol. The van der Waals surface area contributed by atoms with E-state index in [1.165, 1.54) is 0 Å². The average Bonchev–Trinajstić information content (AvgIpc) is 2.27. The summed E-state index contributed by atoms with van der Waals surface area (Å²) in [6, 6.07) is 0. The summed E-state index contributed by atoms with van der Waals surface area (Å²) in [6.07, 6.45) is 0. The minimum Gasteiger partial charge on any atom is -0.392 e. The van der Waals surface area contributed by atoms with Gasteiger partial charge in [0, 0.05) is 5.71 Å². The summed E-state index contributed by atoms with van der Waals surface area (Å²) in [5.41, 5.74) is -1.21. The molecule has 1 aliphatic rings. The largest absolute Gasteiger partial charge is 0.392 e. The Morgan fingerprint density at radius 2 is 1.77 bits per heavy atom. The third-order valence-electron chi connectivity index (χ3n) is 2.69. The van der Waals surface area contributed by atoms with Crippen LogP contribution in [0.2, 0.25) is 0 Å². The van der Waals surface area contributed by atoms with Crippen molar-refractivity contribution in [3.05, 3.63) is 0 Å². The first-order valence-electron chi connectivity index (χ1n) is 4.18. The van der Waals surface area contributed by atoms with E-state index in [0.29, 0.717) is 5.71 Å². The highest BCUT2D eigenvalue weighted by atomic mass is 16.5. The van der Waals surface area contributed by atoms with Crippen molar-refractivity contribution < 1.29 is 15.4 Å². The standard InChI is InChI=1S/C8H16N2O3/c1-6-7(2,3)10(13)8(4-11,5-12)9-6/h11-13H,4-5H2,1-3H3. The average molecular weight is 188 g/mol. The van der Waals surface area contributed by atoms with Gasteiger partial charge in [0.25, 0.3) is 0 Å². The molecule has 76 valence electrons. The van der Waals surface area contributed by atoms with Crippen molar-refractivity contribution >= 4 is 5.71 Å². The van der Waals surface area contributed by atoms with Gasteiger partial charge >= 0.3 is 0 Å². The highest BCUT2D eigenvalue weighted by molar-refractivity contribution is 5.92. The van der Waals surface area contributed by atoms with E-state index in [0.717, 1.165) is 5.06 Å². The fourth-order valence-corrected chi connectivity index (χ4v) is 1.42. The van der Waals surface area contributed by atoms with Crippen LogP contribution in [0.4, 0.5) is 0 Å². The predicted octanol–water partition coefficient (Wildman–Crippen LogP) is -0.388. The monoisotopic (exact) mass is 188 g/mol. The highest BCUT2D eigenvalue weighted by Gasteiger charge is 2.50. The number of nitrogens with zero attached hydrogens (tertiary/aromatic N) is 2. The number of rotatable bonds is 2. The third-order valence-corrected chi connectivity index (χ3v) is 2.69. The van der Waals surface area contributed by atoms with Gasteiger partial charge in [0.2, 0.25) is 0 Å². The maximum absolute atomic E-state index is 9.74. The second-order valence-electron chi connectivity index (χ2n) is 3.87. The molecule has 0 atom stereocenters. The second-order valence-corrected chi connectivity index (χ2v) is 3.87. The van der Waals surface area contributed by atoms with Crippen LogP contribution in [0.15, 0.2) is 4.99 Å². The van der Waals surface area contributed by atoms with Crippen LogP contribution < -0.4 is 0 Å². The van der Waals surface area contributed by atoms with Gasteiger partial charge in [-0.05, 0) is 20.8 Å². The van der Waals surface area contributed by atoms with Crippen LogP contribution in [0.25, 0.3) is 0 Å². The predicted molar refractivity (Wildman–Crippen MR) is 47.7 cm³/mol. The molecule has 0 bridgehead atoms. The van der Waals surface area contributed by atoms with Crippen LogP contribution in [0.3, 0.4) is 0 Å². The first-order valence-corrected chi connectivity index (χ1v) is 4.18. The SMILES string of the molecule is CC1=NC(CO)(CO)N(O)C1(C)C. The van der Waals surface area contributed by atoms with Gasteiger partial charge in [-0.3, -0.25) is 4.99 Å². The fourth-order valence-electron chi connectivity index (χ4n) is 1.42. The Labute approximate surface area is 77.3 Å². The summed E-state index contributed by atoms with van der Waals surface area (Å²) < 4.78 is 0. The minimum absolute atomic E-state index is 0.402. The zero-order chi connectivity index (χ0) is 10.3. The molecule has 0 saturated carbocycles. The van der Waals surface area contributed by atoms with Gasteiger partial charge in [-0.15, -0.1) is 5.06 Å². The van der Waals surface area contributed by atoms with Crippen molar-refractivity contribution in [2.24, 2.45) is 4.99 Å². The number of hydroxylamine groups is 2. The number of aliphatic hydroxyl groups is 2. The Morgan fingerprint density at radius 1 is 1.31 bits per heavy atom. The number of aliphatic hydroxyl groups excluding tert-OH is 2. The molecule has 0 saturated heterocycles. The normalized spacial score (nSPS) is 26.2. The topological polar surface area (TPSA) is 76.3 Å². The number of aliphatic imine (C=N–C) groups is 1. The summed E-state index contributed by atoms with van der Waals surface area (Å²) in [5, 5.41) is 28.8. The van der Waals surface area contributed by atoms with E-state index in [1.54, 1.807) is 20.8 Å². The molecular formula is C8H16N2O3. The maximum atomic E-state index is 9.74. The molecule has 1 heterocycles. The van der Waals surface area contributed by atoms with E-state index >= 15 is 0 Å². The molecule has 5 heteroatoms. The second kappa shape index (κ2) is 3.02. The number of hydrogen-bond donors (Lipinski definition) is 3. The first kappa shape index (κ1) is 10.6. The zero-order valence-corrected chi connectivity index (χ0v) is 8.15. The van der Waals surface area contributed by atoms with E-state index in [-0.39, 0.29) is 0 Å². The van der Waals surface area contributed by atoms with Crippen molar-refractivity contribution in [2.45, 2.75) is 32.0 Å². The van der Waals surface area contributed by atoms with E-state index in [2.05, 4.69) is 4.99 Å². The highest BCUT2D eigenvalue weighted by Crippen LogP contribution is 2.32. The van der Waals surface area contributed by atoms with Crippen LogP contribution >= 0.6 is 0 Å². The molecule has 0 amide bonds. The summed E-state index contributed by atoms with van der Waals surface area (Å²) in [6.45, 7) is 4.51. The third kappa shape index (κ3) is 1.28. The zero-order valence-electron chi connectivity index (χ0n) is 8.15. The van der Waals surface area contributed by atoms with E-state index in [1.807, 2.05) is 0 Å². The summed E-state index contributed by atoms with van der Waals surface area (Å²) in [4.78, 5) is 4.08. The van der Waals surface area contributed by atoms with Crippen molar-refractivity contribution in [3.8, 4) is 0 Å². The quantitative estimate of drug-likeness (QED) is 0.551. The van der Waals surface area contributed by atoms with Crippen LogP contribution in [0, 0.1) is 0 Å². The molecule has 1 rings (SSSR count). The van der Waals surface area contributed by atoms with Crippen LogP contribution in [-0.2, 0) is 0 Å². The molecule has 0 radical (unpaired) electrons. The van der Waals surface area contributed by atoms with Gasteiger partial charge in [-0.1, -0.05) is 0 Å². The molecule has 0 aromatic rings. The Bertz CT molecular complexity index is 234. The number of hydrogen-bond acceptors (Lipinski definition) is 5. The molecule has 1 aliphatic heterocycles. The molecule has 0 aromatic heterocycles. The molecule has 0 aromatic carbocycles. The van der Waals surface area contributed by atoms with Crippen molar-refractivity contribution in [1.29, 1.82) is 0 Å². The maximum Gasteiger partial charge on any atom is 0.181 e. The fraction of sp³-hybridized carbons (Fsp3) is 0.875. The van der Waals surface area contributed by atoms with Crippen molar-refractivity contribution in [3.63, 3.8) is 0 Å². The van der Waals surface area contributed by atoms with Crippen molar-refractivity contribution in [1.82, 2.24) is 5.06 Å². The van der Waals surface area contributed by atoms with Gasteiger partial charge in [0.15, 0.2) is 5.66 Å². The first-order chi connectivity index (χ1) is 5.90. The van der Waals surface area contributed by atoms with Gasteiger partial charge < -0.3 is 15.4 Å². The molecule has 0 aliphatic carbocycles. The van der Waals surface area contributed by atoms with Gasteiger partial charge in [-0.25, -0.2) is 0 Å². The van der Waals surface area contributed by atoms with E-state index < -0.39 is 24.4 Å². The van der Waals surface area contributed by atoms with Gasteiger partial charge in [0.1, 0.15) is 0 Å². The molecule has 5 nitrogen and oxygen atoms in total. The molecule has 13 heavy (non-hydrogen) atoms. The Morgan fingerprint density at radius 3 is 1.92 bits per heavy atom. The smallest absolute Gasteiger partial charge is 0.181 e. The van der Waals surface area contributed by atoms with Crippen molar-refractivity contribution in [2.75, 3.05) is 13.2 Å². The van der Waals surface area contributed by atoms with E-state index in [4.69, 9.17) is 10.2 Å². The van der Waals surface area contributed by atoms with Gasteiger partial charge in [-0.2, -0.15) is 0 Å². The lowest BCUT2D eigenvalue weighted by Crippen LogP contribution is -2.56. The van der Waals surface area contributed by atoms with Crippen LogP contribution in [0.1, 0.15) is 20.8 Å². The molecule has 0 fully saturated rings. The van der Waals surface area contributed by atoms with Gasteiger partial charge in [0.05, 0.1) is 18.8 Å². The Hall–Kier alpha value is -0.490. The Kier molecular flexibility index (Phi) is 2.46. The minimum atomic E-state index is -1.27. The summed E-state index contributed by atoms with van der Waals surface area (Å²) >= 11 is 0. The van der Waals surface area contributed by atoms with Crippen LogP contribution in [-0.4, -0.2) is 50.6 Å². The van der Waals surface area contributed by atoms with Crippen LogP contribution in [0.5, 0.6) is 0 Å². The lowest BCUT2D eigenvalue weighted by atomic mass is 10.00.